The Balaban J connectivity index is 2.06. The van der Waals surface area contributed by atoms with Crippen LogP contribution < -0.4 is 5.73 Å². The molecule has 0 amide bonds. The van der Waals surface area contributed by atoms with Crippen molar-refractivity contribution in [3.63, 3.8) is 0 Å². The maximum absolute atomic E-state index is 12.1. The molecule has 0 fully saturated rings. The third-order valence-electron chi connectivity index (χ3n) is 4.10. The third-order valence-corrected chi connectivity index (χ3v) is 4.10. The Morgan fingerprint density at radius 2 is 2.21 bits per heavy atom. The molecule has 0 saturated heterocycles. The summed E-state index contributed by atoms with van der Waals surface area (Å²) >= 11 is 0. The SMILES string of the molecule is CCC(C)[C@H](N)C(=O)OC1CCCc2ccccc21. The van der Waals surface area contributed by atoms with Gasteiger partial charge in [0.05, 0.1) is 0 Å². The molecular formula is C16H23NO2. The van der Waals surface area contributed by atoms with E-state index in [0.717, 1.165) is 31.2 Å². The third kappa shape index (κ3) is 3.16. The van der Waals surface area contributed by atoms with Gasteiger partial charge in [-0.3, -0.25) is 4.79 Å². The number of fused-ring (bicyclic) bond motifs is 1. The highest BCUT2D eigenvalue weighted by molar-refractivity contribution is 5.76. The molecule has 0 saturated carbocycles. The van der Waals surface area contributed by atoms with E-state index in [9.17, 15) is 4.79 Å². The Kier molecular flexibility index (Phi) is 4.59. The summed E-state index contributed by atoms with van der Waals surface area (Å²) in [5.41, 5.74) is 8.38. The van der Waals surface area contributed by atoms with Crippen molar-refractivity contribution in [2.45, 2.75) is 51.7 Å². The molecule has 3 atom stereocenters. The van der Waals surface area contributed by atoms with E-state index in [2.05, 4.69) is 12.1 Å². The summed E-state index contributed by atoms with van der Waals surface area (Å²) in [6, 6.07) is 7.69. The Morgan fingerprint density at radius 3 is 2.95 bits per heavy atom. The highest BCUT2D eigenvalue weighted by atomic mass is 16.5. The van der Waals surface area contributed by atoms with Crippen LogP contribution in [0.25, 0.3) is 0 Å². The van der Waals surface area contributed by atoms with Gasteiger partial charge in [-0.05, 0) is 36.3 Å². The van der Waals surface area contributed by atoms with Crippen LogP contribution in [0.5, 0.6) is 0 Å². The molecule has 3 nitrogen and oxygen atoms in total. The van der Waals surface area contributed by atoms with Crippen LogP contribution in [-0.2, 0) is 16.0 Å². The van der Waals surface area contributed by atoms with Gasteiger partial charge in [0.15, 0.2) is 0 Å². The summed E-state index contributed by atoms with van der Waals surface area (Å²) in [5, 5.41) is 0. The van der Waals surface area contributed by atoms with Crippen molar-refractivity contribution >= 4 is 5.97 Å². The van der Waals surface area contributed by atoms with Gasteiger partial charge in [0.1, 0.15) is 12.1 Å². The van der Waals surface area contributed by atoms with E-state index in [4.69, 9.17) is 10.5 Å². The minimum atomic E-state index is -0.515. The number of benzene rings is 1. The second-order valence-electron chi connectivity index (χ2n) is 5.43. The van der Waals surface area contributed by atoms with Crippen molar-refractivity contribution in [3.05, 3.63) is 35.4 Å². The molecule has 0 spiro atoms. The molecule has 3 heteroatoms. The summed E-state index contributed by atoms with van der Waals surface area (Å²) in [4.78, 5) is 12.1. The minimum Gasteiger partial charge on any atom is -0.456 e. The fourth-order valence-corrected chi connectivity index (χ4v) is 2.54. The normalized spacial score (nSPS) is 21.3. The van der Waals surface area contributed by atoms with E-state index in [-0.39, 0.29) is 18.0 Å². The molecule has 0 bridgehead atoms. The lowest BCUT2D eigenvalue weighted by Gasteiger charge is -2.27. The zero-order valence-corrected chi connectivity index (χ0v) is 11.8. The quantitative estimate of drug-likeness (QED) is 0.848. The molecule has 0 aliphatic heterocycles. The first-order chi connectivity index (χ1) is 9.13. The van der Waals surface area contributed by atoms with E-state index in [1.807, 2.05) is 26.0 Å². The van der Waals surface area contributed by atoms with Crippen LogP contribution in [-0.4, -0.2) is 12.0 Å². The summed E-state index contributed by atoms with van der Waals surface area (Å²) in [6.45, 7) is 4.02. The molecule has 1 aliphatic rings. The maximum Gasteiger partial charge on any atom is 0.323 e. The molecule has 0 heterocycles. The largest absolute Gasteiger partial charge is 0.456 e. The Hall–Kier alpha value is -1.35. The topological polar surface area (TPSA) is 52.3 Å². The number of esters is 1. The highest BCUT2D eigenvalue weighted by Crippen LogP contribution is 2.32. The van der Waals surface area contributed by atoms with Crippen LogP contribution >= 0.6 is 0 Å². The summed E-state index contributed by atoms with van der Waals surface area (Å²) in [7, 11) is 0. The first-order valence-corrected chi connectivity index (χ1v) is 7.17. The smallest absolute Gasteiger partial charge is 0.323 e. The molecule has 2 N–H and O–H groups in total. The van der Waals surface area contributed by atoms with Gasteiger partial charge in [-0.25, -0.2) is 0 Å². The predicted octanol–water partition coefficient (Wildman–Crippen LogP) is 2.98. The van der Waals surface area contributed by atoms with Crippen molar-refractivity contribution in [1.29, 1.82) is 0 Å². The van der Waals surface area contributed by atoms with Crippen LogP contribution in [0.1, 0.15) is 50.3 Å². The van der Waals surface area contributed by atoms with Gasteiger partial charge in [0.25, 0.3) is 0 Å². The van der Waals surface area contributed by atoms with Crippen LogP contribution in [0.2, 0.25) is 0 Å². The van der Waals surface area contributed by atoms with Crippen LogP contribution in [0.3, 0.4) is 0 Å². The van der Waals surface area contributed by atoms with Gasteiger partial charge in [-0.15, -0.1) is 0 Å². The van der Waals surface area contributed by atoms with Crippen LogP contribution in [0, 0.1) is 5.92 Å². The van der Waals surface area contributed by atoms with Gasteiger partial charge >= 0.3 is 5.97 Å². The van der Waals surface area contributed by atoms with E-state index in [1.54, 1.807) is 0 Å². The van der Waals surface area contributed by atoms with Crippen molar-refractivity contribution in [3.8, 4) is 0 Å². The fraction of sp³-hybridized carbons (Fsp3) is 0.562. The number of aryl methyl sites for hydroxylation is 1. The first kappa shape index (κ1) is 14.1. The fourth-order valence-electron chi connectivity index (χ4n) is 2.54. The van der Waals surface area contributed by atoms with Gasteiger partial charge in [-0.2, -0.15) is 0 Å². The average molecular weight is 261 g/mol. The van der Waals surface area contributed by atoms with Gasteiger partial charge in [-0.1, -0.05) is 44.5 Å². The van der Waals surface area contributed by atoms with Crippen LogP contribution in [0.15, 0.2) is 24.3 Å². The predicted molar refractivity (Wildman–Crippen MR) is 75.6 cm³/mol. The lowest BCUT2D eigenvalue weighted by Crippen LogP contribution is -2.38. The molecule has 0 radical (unpaired) electrons. The summed E-state index contributed by atoms with van der Waals surface area (Å²) < 4.78 is 5.64. The molecule has 1 aromatic rings. The number of nitrogens with two attached hydrogens (primary N) is 1. The van der Waals surface area contributed by atoms with Crippen molar-refractivity contribution < 1.29 is 9.53 Å². The molecule has 1 aliphatic carbocycles. The van der Waals surface area contributed by atoms with Crippen molar-refractivity contribution in [2.24, 2.45) is 11.7 Å². The lowest BCUT2D eigenvalue weighted by molar-refractivity contribution is -0.153. The molecular weight excluding hydrogens is 238 g/mol. The van der Waals surface area contributed by atoms with Crippen LogP contribution in [0.4, 0.5) is 0 Å². The van der Waals surface area contributed by atoms with Gasteiger partial charge in [0.2, 0.25) is 0 Å². The first-order valence-electron chi connectivity index (χ1n) is 7.17. The summed E-state index contributed by atoms with van der Waals surface area (Å²) in [5.74, 6) is -0.109. The number of rotatable bonds is 4. The van der Waals surface area contributed by atoms with Crippen molar-refractivity contribution in [1.82, 2.24) is 0 Å². The molecule has 2 unspecified atom stereocenters. The number of ether oxygens (including phenoxy) is 1. The number of carbonyl (C=O) groups excluding carboxylic acids is 1. The van der Waals surface area contributed by atoms with E-state index < -0.39 is 6.04 Å². The second kappa shape index (κ2) is 6.20. The van der Waals surface area contributed by atoms with E-state index in [1.165, 1.54) is 5.56 Å². The molecule has 104 valence electrons. The summed E-state index contributed by atoms with van der Waals surface area (Å²) in [6.07, 6.45) is 3.80. The average Bonchev–Trinajstić information content (AvgIpc) is 2.46. The monoisotopic (exact) mass is 261 g/mol. The zero-order chi connectivity index (χ0) is 13.8. The second-order valence-corrected chi connectivity index (χ2v) is 5.43. The Labute approximate surface area is 115 Å². The molecule has 1 aromatic carbocycles. The number of carbonyl (C=O) groups is 1. The Bertz CT molecular complexity index is 444. The molecule has 19 heavy (non-hydrogen) atoms. The number of hydrogen-bond acceptors (Lipinski definition) is 3. The molecule has 2 rings (SSSR count). The van der Waals surface area contributed by atoms with E-state index >= 15 is 0 Å². The zero-order valence-electron chi connectivity index (χ0n) is 11.8. The van der Waals surface area contributed by atoms with Gasteiger partial charge < -0.3 is 10.5 Å². The highest BCUT2D eigenvalue weighted by Gasteiger charge is 2.27. The standard InChI is InChI=1S/C16H23NO2/c1-3-11(2)15(17)16(18)19-14-10-6-8-12-7-4-5-9-13(12)14/h4-5,7,9,11,14-15H,3,6,8,10,17H2,1-2H3/t11?,14?,15-/m0/s1. The van der Waals surface area contributed by atoms with Crippen molar-refractivity contribution in [2.75, 3.05) is 0 Å². The van der Waals surface area contributed by atoms with Gasteiger partial charge in [0, 0.05) is 0 Å². The molecule has 0 aromatic heterocycles. The maximum atomic E-state index is 12.1. The minimum absolute atomic E-state index is 0.118. The lowest BCUT2D eigenvalue weighted by atomic mass is 9.89. The Morgan fingerprint density at radius 1 is 1.47 bits per heavy atom. The number of hydrogen-bond donors (Lipinski definition) is 1. The van der Waals surface area contributed by atoms with E-state index in [0.29, 0.717) is 0 Å².